The molecule has 0 aromatic carbocycles. The van der Waals surface area contributed by atoms with Gasteiger partial charge >= 0.3 is 11.9 Å². The number of hydrogen-bond acceptors (Lipinski definition) is 3. The lowest BCUT2D eigenvalue weighted by Crippen LogP contribution is -2.07. The van der Waals surface area contributed by atoms with E-state index in [9.17, 15) is 9.59 Å². The highest BCUT2D eigenvalue weighted by Crippen LogP contribution is 2.22. The van der Waals surface area contributed by atoms with Crippen LogP contribution < -0.4 is 0 Å². The van der Waals surface area contributed by atoms with E-state index in [2.05, 4.69) is 18.6 Å². The van der Waals surface area contributed by atoms with E-state index < -0.39 is 0 Å². The lowest BCUT2D eigenvalue weighted by Gasteiger charge is -2.05. The van der Waals surface area contributed by atoms with Crippen LogP contribution in [0, 0.1) is 11.8 Å². The molecule has 3 heteroatoms. The molecule has 1 aliphatic heterocycles. The second-order valence-electron chi connectivity index (χ2n) is 5.43. The molecule has 1 atom stereocenters. The third-order valence-electron chi connectivity index (χ3n) is 3.29. The minimum atomic E-state index is -0.350. The van der Waals surface area contributed by atoms with Crippen LogP contribution in [0.5, 0.6) is 0 Å². The molecule has 0 amide bonds. The number of cyclic esters (lactones) is 2. The van der Waals surface area contributed by atoms with Crippen LogP contribution in [0.25, 0.3) is 0 Å². The summed E-state index contributed by atoms with van der Waals surface area (Å²) in [6.45, 7) is 4.51. The highest BCUT2D eigenvalue weighted by Gasteiger charge is 2.32. The maximum atomic E-state index is 11.2. The third-order valence-corrected chi connectivity index (χ3v) is 3.29. The maximum absolute atomic E-state index is 11.2. The molecule has 1 rings (SSSR count). The van der Waals surface area contributed by atoms with Gasteiger partial charge in [-0.2, -0.15) is 0 Å². The third kappa shape index (κ3) is 5.85. The molecule has 0 saturated carbocycles. The minimum absolute atomic E-state index is 0.154. The van der Waals surface area contributed by atoms with Gasteiger partial charge in [0.25, 0.3) is 0 Å². The molecule has 0 aliphatic carbocycles. The molecule has 1 saturated heterocycles. The topological polar surface area (TPSA) is 43.4 Å². The summed E-state index contributed by atoms with van der Waals surface area (Å²) in [6, 6.07) is 0. The van der Waals surface area contributed by atoms with E-state index >= 15 is 0 Å². The highest BCUT2D eigenvalue weighted by molar-refractivity contribution is 5.94. The lowest BCUT2D eigenvalue weighted by atomic mass is 9.98. The summed E-state index contributed by atoms with van der Waals surface area (Å²) in [7, 11) is 0. The first-order valence-electron chi connectivity index (χ1n) is 6.84. The van der Waals surface area contributed by atoms with Crippen molar-refractivity contribution in [1.82, 2.24) is 0 Å². The Morgan fingerprint density at radius 3 is 2.35 bits per heavy atom. The van der Waals surface area contributed by atoms with Crippen LogP contribution in [0.15, 0.2) is 0 Å². The zero-order valence-corrected chi connectivity index (χ0v) is 11.0. The van der Waals surface area contributed by atoms with E-state index in [1.54, 1.807) is 0 Å². The molecule has 1 aliphatic rings. The molecule has 0 aromatic rings. The van der Waals surface area contributed by atoms with Crippen molar-refractivity contribution in [2.75, 3.05) is 0 Å². The van der Waals surface area contributed by atoms with Crippen LogP contribution in [-0.4, -0.2) is 11.9 Å². The van der Waals surface area contributed by atoms with E-state index in [0.717, 1.165) is 25.2 Å². The molecule has 0 bridgehead atoms. The molecule has 1 heterocycles. The molecule has 17 heavy (non-hydrogen) atoms. The van der Waals surface area contributed by atoms with E-state index in [1.807, 2.05) is 0 Å². The van der Waals surface area contributed by atoms with Gasteiger partial charge in [-0.1, -0.05) is 52.4 Å². The fourth-order valence-electron chi connectivity index (χ4n) is 2.22. The number of rotatable bonds is 8. The van der Waals surface area contributed by atoms with Gasteiger partial charge in [0.1, 0.15) is 0 Å². The molecular formula is C14H24O3. The van der Waals surface area contributed by atoms with Crippen LogP contribution in [0.2, 0.25) is 0 Å². The van der Waals surface area contributed by atoms with Gasteiger partial charge in [-0.25, -0.2) is 0 Å². The van der Waals surface area contributed by atoms with Crippen LogP contribution in [0.4, 0.5) is 0 Å². The van der Waals surface area contributed by atoms with E-state index in [0.29, 0.717) is 6.42 Å². The Balaban J connectivity index is 1.94. The summed E-state index contributed by atoms with van der Waals surface area (Å²) in [4.78, 5) is 22.0. The van der Waals surface area contributed by atoms with Crippen molar-refractivity contribution in [2.24, 2.45) is 11.8 Å². The molecule has 0 aromatic heterocycles. The SMILES string of the molecule is CC(C)CCCCCCCC1CC(=O)OC1=O. The molecule has 0 spiro atoms. The largest absolute Gasteiger partial charge is 0.393 e. The van der Waals surface area contributed by atoms with Crippen LogP contribution in [-0.2, 0) is 14.3 Å². The summed E-state index contributed by atoms with van der Waals surface area (Å²) in [5.41, 5.74) is 0. The van der Waals surface area contributed by atoms with E-state index in [4.69, 9.17) is 0 Å². The van der Waals surface area contributed by atoms with Gasteiger partial charge in [0.2, 0.25) is 0 Å². The Bertz CT molecular complexity index is 258. The first-order valence-corrected chi connectivity index (χ1v) is 6.84. The van der Waals surface area contributed by atoms with E-state index in [-0.39, 0.29) is 17.9 Å². The molecule has 0 N–H and O–H groups in total. The maximum Gasteiger partial charge on any atom is 0.317 e. The standard InChI is InChI=1S/C14H24O3/c1-11(2)8-6-4-3-5-7-9-12-10-13(15)17-14(12)16/h11-12H,3-10H2,1-2H3. The van der Waals surface area contributed by atoms with Crippen molar-refractivity contribution in [3.8, 4) is 0 Å². The van der Waals surface area contributed by atoms with Crippen molar-refractivity contribution in [2.45, 2.75) is 65.2 Å². The molecule has 1 fully saturated rings. The first kappa shape index (κ1) is 14.2. The molecule has 98 valence electrons. The smallest absolute Gasteiger partial charge is 0.317 e. The van der Waals surface area contributed by atoms with Crippen molar-refractivity contribution < 1.29 is 14.3 Å². The predicted octanol–water partition coefficient (Wildman–Crippen LogP) is 3.46. The monoisotopic (exact) mass is 240 g/mol. The van der Waals surface area contributed by atoms with Gasteiger partial charge in [-0.05, 0) is 12.3 Å². The summed E-state index contributed by atoms with van der Waals surface area (Å²) in [5, 5.41) is 0. The second kappa shape index (κ2) is 7.46. The fraction of sp³-hybridized carbons (Fsp3) is 0.857. The second-order valence-corrected chi connectivity index (χ2v) is 5.43. The summed E-state index contributed by atoms with van der Waals surface area (Å²) in [6.07, 6.45) is 8.45. The molecular weight excluding hydrogens is 216 g/mol. The molecule has 0 radical (unpaired) electrons. The van der Waals surface area contributed by atoms with Crippen molar-refractivity contribution in [1.29, 1.82) is 0 Å². The van der Waals surface area contributed by atoms with Gasteiger partial charge in [-0.15, -0.1) is 0 Å². The Labute approximate surface area is 104 Å². The van der Waals surface area contributed by atoms with E-state index in [1.165, 1.54) is 25.7 Å². The van der Waals surface area contributed by atoms with Gasteiger partial charge in [0, 0.05) is 0 Å². The average Bonchev–Trinajstić information content (AvgIpc) is 2.55. The Morgan fingerprint density at radius 2 is 1.76 bits per heavy atom. The van der Waals surface area contributed by atoms with Crippen LogP contribution in [0.3, 0.4) is 0 Å². The number of carbonyl (C=O) groups excluding carboxylic acids is 2. The van der Waals surface area contributed by atoms with Crippen molar-refractivity contribution >= 4 is 11.9 Å². The average molecular weight is 240 g/mol. The Morgan fingerprint density at radius 1 is 1.12 bits per heavy atom. The zero-order chi connectivity index (χ0) is 12.7. The quantitative estimate of drug-likeness (QED) is 0.371. The zero-order valence-electron chi connectivity index (χ0n) is 11.0. The predicted molar refractivity (Wildman–Crippen MR) is 66.4 cm³/mol. The number of ether oxygens (including phenoxy) is 1. The van der Waals surface area contributed by atoms with Gasteiger partial charge in [0.15, 0.2) is 0 Å². The van der Waals surface area contributed by atoms with Crippen molar-refractivity contribution in [3.05, 3.63) is 0 Å². The minimum Gasteiger partial charge on any atom is -0.393 e. The van der Waals surface area contributed by atoms with Crippen LogP contribution >= 0.6 is 0 Å². The number of carbonyl (C=O) groups is 2. The summed E-state index contributed by atoms with van der Waals surface area (Å²) < 4.78 is 4.52. The van der Waals surface area contributed by atoms with Gasteiger partial charge in [-0.3, -0.25) is 9.59 Å². The van der Waals surface area contributed by atoms with Crippen molar-refractivity contribution in [3.63, 3.8) is 0 Å². The number of hydrogen-bond donors (Lipinski definition) is 0. The van der Waals surface area contributed by atoms with Gasteiger partial charge in [0.05, 0.1) is 12.3 Å². The first-order chi connectivity index (χ1) is 8.09. The molecule has 1 unspecified atom stereocenters. The fourth-order valence-corrected chi connectivity index (χ4v) is 2.22. The van der Waals surface area contributed by atoms with Gasteiger partial charge < -0.3 is 4.74 Å². The summed E-state index contributed by atoms with van der Waals surface area (Å²) >= 11 is 0. The number of unbranched alkanes of at least 4 members (excludes halogenated alkanes) is 4. The molecule has 3 nitrogen and oxygen atoms in total. The Hall–Kier alpha value is -0.860. The highest BCUT2D eigenvalue weighted by atomic mass is 16.6. The normalized spacial score (nSPS) is 20.1. The number of esters is 2. The van der Waals surface area contributed by atoms with Crippen LogP contribution in [0.1, 0.15) is 65.2 Å². The lowest BCUT2D eigenvalue weighted by molar-refractivity contribution is -0.153. The Kier molecular flexibility index (Phi) is 6.23. The summed E-state index contributed by atoms with van der Waals surface area (Å²) in [5.74, 6) is -0.0147.